The van der Waals surface area contributed by atoms with Crippen LogP contribution in [0.2, 0.25) is 0 Å². The van der Waals surface area contributed by atoms with E-state index >= 15 is 0 Å². The quantitative estimate of drug-likeness (QED) is 0.407. The van der Waals surface area contributed by atoms with Crippen LogP contribution >= 0.6 is 11.3 Å². The van der Waals surface area contributed by atoms with Gasteiger partial charge in [0.05, 0.1) is 20.8 Å². The van der Waals surface area contributed by atoms with Crippen molar-refractivity contribution in [2.75, 3.05) is 26.1 Å². The van der Waals surface area contributed by atoms with E-state index in [1.807, 2.05) is 31.4 Å². The number of anilines is 1. The summed E-state index contributed by atoms with van der Waals surface area (Å²) in [6.45, 7) is 4.29. The maximum Gasteiger partial charge on any atom is 0.322 e. The van der Waals surface area contributed by atoms with Crippen LogP contribution in [-0.4, -0.2) is 48.5 Å². The van der Waals surface area contributed by atoms with Crippen LogP contribution in [0.25, 0.3) is 0 Å². The van der Waals surface area contributed by atoms with Gasteiger partial charge < -0.3 is 24.6 Å². The number of rotatable bonds is 10. The third-order valence-corrected chi connectivity index (χ3v) is 6.22. The SMILES string of the molecule is COc1cc(NC(=O)N(CC(=O)N(Cc2ccc(F)cc2)Cc2cccs2)C(C)C)cc(OC)c1. The zero-order valence-electron chi connectivity index (χ0n) is 20.3. The largest absolute Gasteiger partial charge is 0.497 e. The van der Waals surface area contributed by atoms with Gasteiger partial charge >= 0.3 is 6.03 Å². The lowest BCUT2D eigenvalue weighted by Crippen LogP contribution is -2.47. The van der Waals surface area contributed by atoms with E-state index in [1.165, 1.54) is 31.3 Å². The molecule has 3 aromatic rings. The van der Waals surface area contributed by atoms with Gasteiger partial charge in [0.2, 0.25) is 5.91 Å². The molecule has 7 nitrogen and oxygen atoms in total. The number of ether oxygens (including phenoxy) is 2. The first-order valence-corrected chi connectivity index (χ1v) is 12.0. The highest BCUT2D eigenvalue weighted by Gasteiger charge is 2.24. The highest BCUT2D eigenvalue weighted by molar-refractivity contribution is 7.09. The molecule has 3 rings (SSSR count). The second-order valence-electron chi connectivity index (χ2n) is 8.21. The van der Waals surface area contributed by atoms with E-state index in [9.17, 15) is 14.0 Å². The molecular weight excluding hydrogens is 469 g/mol. The van der Waals surface area contributed by atoms with Crippen molar-refractivity contribution in [3.05, 3.63) is 76.2 Å². The molecule has 0 aliphatic heterocycles. The Morgan fingerprint density at radius 1 is 1.00 bits per heavy atom. The first-order chi connectivity index (χ1) is 16.8. The molecule has 9 heteroatoms. The van der Waals surface area contributed by atoms with Crippen molar-refractivity contribution in [1.29, 1.82) is 0 Å². The average Bonchev–Trinajstić information content (AvgIpc) is 3.35. The molecular formula is C26H30FN3O4S. The summed E-state index contributed by atoms with van der Waals surface area (Å²) < 4.78 is 23.9. The summed E-state index contributed by atoms with van der Waals surface area (Å²) in [6, 6.07) is 14.4. The van der Waals surface area contributed by atoms with Crippen LogP contribution in [0.1, 0.15) is 24.3 Å². The smallest absolute Gasteiger partial charge is 0.322 e. The highest BCUT2D eigenvalue weighted by atomic mass is 32.1. The number of carbonyl (C=O) groups excluding carboxylic acids is 2. The van der Waals surface area contributed by atoms with Crippen LogP contribution < -0.4 is 14.8 Å². The van der Waals surface area contributed by atoms with Crippen LogP contribution in [0.15, 0.2) is 60.0 Å². The summed E-state index contributed by atoms with van der Waals surface area (Å²) >= 11 is 1.55. The fourth-order valence-electron chi connectivity index (χ4n) is 3.44. The summed E-state index contributed by atoms with van der Waals surface area (Å²) in [7, 11) is 3.06. The molecule has 2 aromatic carbocycles. The predicted octanol–water partition coefficient (Wildman–Crippen LogP) is 5.38. The minimum atomic E-state index is -0.415. The minimum absolute atomic E-state index is 0.114. The Hall–Kier alpha value is -3.59. The fraction of sp³-hybridized carbons (Fsp3) is 0.308. The van der Waals surface area contributed by atoms with Gasteiger partial charge in [0, 0.05) is 41.4 Å². The van der Waals surface area contributed by atoms with Crippen LogP contribution in [0.3, 0.4) is 0 Å². The Morgan fingerprint density at radius 3 is 2.20 bits per heavy atom. The Bertz CT molecular complexity index is 1100. The number of hydrogen-bond acceptors (Lipinski definition) is 5. The summed E-state index contributed by atoms with van der Waals surface area (Å²) in [5.74, 6) is 0.526. The van der Waals surface area contributed by atoms with E-state index in [2.05, 4.69) is 5.32 Å². The molecule has 186 valence electrons. The average molecular weight is 500 g/mol. The molecule has 1 aromatic heterocycles. The molecule has 0 saturated carbocycles. The molecule has 0 radical (unpaired) electrons. The molecule has 0 spiro atoms. The number of thiophene rings is 1. The third kappa shape index (κ3) is 7.45. The topological polar surface area (TPSA) is 71.1 Å². The number of methoxy groups -OCH3 is 2. The van der Waals surface area contributed by atoms with E-state index in [0.717, 1.165) is 10.4 Å². The van der Waals surface area contributed by atoms with E-state index in [4.69, 9.17) is 9.47 Å². The van der Waals surface area contributed by atoms with Crippen molar-refractivity contribution in [1.82, 2.24) is 9.80 Å². The molecule has 0 aliphatic rings. The van der Waals surface area contributed by atoms with Gasteiger partial charge in [-0.1, -0.05) is 18.2 Å². The molecule has 1 N–H and O–H groups in total. The Morgan fingerprint density at radius 2 is 1.66 bits per heavy atom. The van der Waals surface area contributed by atoms with Crippen molar-refractivity contribution in [3.8, 4) is 11.5 Å². The van der Waals surface area contributed by atoms with E-state index < -0.39 is 6.03 Å². The maximum atomic E-state index is 13.4. The van der Waals surface area contributed by atoms with Crippen molar-refractivity contribution in [2.24, 2.45) is 0 Å². The summed E-state index contributed by atoms with van der Waals surface area (Å²) in [6.07, 6.45) is 0. The lowest BCUT2D eigenvalue weighted by molar-refractivity contribution is -0.133. The first-order valence-electron chi connectivity index (χ1n) is 11.1. The van der Waals surface area contributed by atoms with Crippen LogP contribution in [0.5, 0.6) is 11.5 Å². The molecule has 0 atom stereocenters. The normalized spacial score (nSPS) is 10.7. The van der Waals surface area contributed by atoms with Crippen molar-refractivity contribution in [3.63, 3.8) is 0 Å². The zero-order valence-corrected chi connectivity index (χ0v) is 21.1. The van der Waals surface area contributed by atoms with Crippen LogP contribution in [-0.2, 0) is 17.9 Å². The molecule has 35 heavy (non-hydrogen) atoms. The number of benzene rings is 2. The molecule has 0 aliphatic carbocycles. The van der Waals surface area contributed by atoms with E-state index in [0.29, 0.717) is 30.3 Å². The summed E-state index contributed by atoms with van der Waals surface area (Å²) in [5.41, 5.74) is 1.30. The van der Waals surface area contributed by atoms with Gasteiger partial charge in [-0.2, -0.15) is 0 Å². The van der Waals surface area contributed by atoms with E-state index in [-0.39, 0.29) is 24.3 Å². The highest BCUT2D eigenvalue weighted by Crippen LogP contribution is 2.26. The van der Waals surface area contributed by atoms with Gasteiger partial charge in [-0.15, -0.1) is 11.3 Å². The number of nitrogens with one attached hydrogen (secondary N) is 1. The van der Waals surface area contributed by atoms with Gasteiger partial charge in [-0.05, 0) is 43.0 Å². The standard InChI is InChI=1S/C26H30FN3O4S/c1-18(2)30(26(32)28-21-12-22(33-3)14-23(13-21)34-4)17-25(31)29(16-24-6-5-11-35-24)15-19-7-9-20(27)10-8-19/h5-14,18H,15-17H2,1-4H3,(H,28,32). The van der Waals surface area contributed by atoms with Gasteiger partial charge in [0.1, 0.15) is 23.9 Å². The monoisotopic (exact) mass is 499 g/mol. The van der Waals surface area contributed by atoms with Crippen LogP contribution in [0.4, 0.5) is 14.9 Å². The number of halogens is 1. The zero-order chi connectivity index (χ0) is 25.4. The molecule has 3 amide bonds. The predicted molar refractivity (Wildman–Crippen MR) is 135 cm³/mol. The minimum Gasteiger partial charge on any atom is -0.497 e. The van der Waals surface area contributed by atoms with Crippen molar-refractivity contribution in [2.45, 2.75) is 33.0 Å². The van der Waals surface area contributed by atoms with Crippen molar-refractivity contribution < 1.29 is 23.5 Å². The van der Waals surface area contributed by atoms with Crippen molar-refractivity contribution >= 4 is 29.0 Å². The molecule has 1 heterocycles. The van der Waals surface area contributed by atoms with Gasteiger partial charge in [0.25, 0.3) is 0 Å². The third-order valence-electron chi connectivity index (χ3n) is 5.36. The molecule has 0 bridgehead atoms. The number of amides is 3. The molecule has 0 fully saturated rings. The Kier molecular flexibility index (Phi) is 9.08. The molecule has 0 unspecified atom stereocenters. The lowest BCUT2D eigenvalue weighted by Gasteiger charge is -2.30. The van der Waals surface area contributed by atoms with Gasteiger partial charge in [-0.25, -0.2) is 9.18 Å². The second kappa shape index (κ2) is 12.2. The Labute approximate surface area is 209 Å². The number of urea groups is 1. The lowest BCUT2D eigenvalue weighted by atomic mass is 10.2. The van der Waals surface area contributed by atoms with Gasteiger partial charge in [-0.3, -0.25) is 4.79 Å². The summed E-state index contributed by atoms with van der Waals surface area (Å²) in [4.78, 5) is 30.7. The number of nitrogens with zero attached hydrogens (tertiary/aromatic N) is 2. The van der Waals surface area contributed by atoms with Crippen LogP contribution in [0, 0.1) is 5.82 Å². The maximum absolute atomic E-state index is 13.4. The fourth-order valence-corrected chi connectivity index (χ4v) is 4.16. The first kappa shape index (κ1) is 26.0. The number of carbonyl (C=O) groups is 2. The van der Waals surface area contributed by atoms with E-state index in [1.54, 1.807) is 46.6 Å². The van der Waals surface area contributed by atoms with Gasteiger partial charge in [0.15, 0.2) is 0 Å². The summed E-state index contributed by atoms with van der Waals surface area (Å²) in [5, 5.41) is 4.79. The second-order valence-corrected chi connectivity index (χ2v) is 9.24. The molecule has 0 saturated heterocycles. The Balaban J connectivity index is 1.77. The number of hydrogen-bond donors (Lipinski definition) is 1.